The second kappa shape index (κ2) is 25.6. The molecule has 53 heavy (non-hydrogen) atoms. The van der Waals surface area contributed by atoms with Crippen LogP contribution in [-0.2, 0) is 47.8 Å². The third kappa shape index (κ3) is 19.0. The fourth-order valence-electron chi connectivity index (χ4n) is 4.19. The van der Waals surface area contributed by atoms with E-state index in [1.165, 1.54) is 51.1 Å². The standard InChI is InChI=1S/C36H51F2NO13S/c1-26(27(2)40)23-29-24-32(37)35(33(38)25-29)52-30-5-7-31(8-6-30)53(44,45)22-4-10-46-12-14-48-16-18-50-20-21-51-19-17-49-15-13-47-11-9-39-36(43)34(42)28(3)41/h5-8,23-25,28,34,41-42H,4,9-22H2,1-3H3,(H,39,43)/b26-23+/t28-,34+/m0/s1. The van der Waals surface area contributed by atoms with E-state index in [1.54, 1.807) is 0 Å². The number of ketones is 1. The number of carbonyl (C=O) groups is 2. The number of benzene rings is 2. The molecule has 0 heterocycles. The van der Waals surface area contributed by atoms with E-state index in [0.717, 1.165) is 12.1 Å². The van der Waals surface area contributed by atoms with Gasteiger partial charge < -0.3 is 48.7 Å². The molecule has 3 N–H and O–H groups in total. The average molecular weight is 776 g/mol. The van der Waals surface area contributed by atoms with Gasteiger partial charge in [0.05, 0.1) is 89.4 Å². The fraction of sp³-hybridized carbons (Fsp3) is 0.556. The minimum absolute atomic E-state index is 0.0321. The number of rotatable bonds is 29. The second-order valence-electron chi connectivity index (χ2n) is 11.6. The molecule has 0 bridgehead atoms. The van der Waals surface area contributed by atoms with Crippen LogP contribution in [0.15, 0.2) is 46.9 Å². The smallest absolute Gasteiger partial charge is 0.251 e. The number of hydrogen-bond acceptors (Lipinski definition) is 13. The summed E-state index contributed by atoms with van der Waals surface area (Å²) >= 11 is 0. The first kappa shape index (κ1) is 45.8. The Kier molecular flexibility index (Phi) is 22.1. The monoisotopic (exact) mass is 775 g/mol. The van der Waals surface area contributed by atoms with Gasteiger partial charge in [-0.25, -0.2) is 17.2 Å². The zero-order valence-electron chi connectivity index (χ0n) is 30.4. The van der Waals surface area contributed by atoms with Crippen LogP contribution in [0.25, 0.3) is 6.08 Å². The topological polar surface area (TPSA) is 185 Å². The van der Waals surface area contributed by atoms with E-state index in [4.69, 9.17) is 38.3 Å². The number of hydrogen-bond donors (Lipinski definition) is 3. The highest BCUT2D eigenvalue weighted by molar-refractivity contribution is 7.91. The van der Waals surface area contributed by atoms with Crippen LogP contribution >= 0.6 is 0 Å². The number of aliphatic hydroxyl groups excluding tert-OH is 2. The van der Waals surface area contributed by atoms with E-state index in [1.807, 2.05) is 0 Å². The third-order valence-electron chi connectivity index (χ3n) is 7.19. The van der Waals surface area contributed by atoms with Crippen LogP contribution < -0.4 is 10.1 Å². The maximum absolute atomic E-state index is 14.5. The molecule has 0 aromatic heterocycles. The molecule has 0 fully saturated rings. The van der Waals surface area contributed by atoms with E-state index in [2.05, 4.69) is 5.32 Å². The van der Waals surface area contributed by atoms with Gasteiger partial charge in [-0.2, -0.15) is 0 Å². The fourth-order valence-corrected chi connectivity index (χ4v) is 5.47. The molecule has 1 amide bonds. The molecule has 0 aliphatic rings. The summed E-state index contributed by atoms with van der Waals surface area (Å²) in [7, 11) is -3.63. The van der Waals surface area contributed by atoms with Crippen molar-refractivity contribution < 1.29 is 70.2 Å². The quantitative estimate of drug-likeness (QED) is 0.0811. The maximum atomic E-state index is 14.5. The van der Waals surface area contributed by atoms with E-state index in [9.17, 15) is 31.9 Å². The van der Waals surface area contributed by atoms with Gasteiger partial charge in [-0.15, -0.1) is 0 Å². The summed E-state index contributed by atoms with van der Waals surface area (Å²) in [6.07, 6.45) is -0.993. The molecule has 0 aliphatic heterocycles. The number of ether oxygens (including phenoxy) is 7. The van der Waals surface area contributed by atoms with E-state index < -0.39 is 45.3 Å². The maximum Gasteiger partial charge on any atom is 0.251 e. The highest BCUT2D eigenvalue weighted by atomic mass is 32.2. The molecule has 2 aromatic carbocycles. The number of halogens is 2. The molecule has 2 atom stereocenters. The van der Waals surface area contributed by atoms with Crippen molar-refractivity contribution in [3.63, 3.8) is 0 Å². The Labute approximate surface area is 309 Å². The SMILES string of the molecule is CC(=O)/C(C)=C/c1cc(F)c(Oc2ccc(S(=O)(=O)CCCOCCOCCOCCOCCOCCOCCNC(=O)[C@H](O)[C@H](C)O)cc2)c(F)c1. The summed E-state index contributed by atoms with van der Waals surface area (Å²) in [5.41, 5.74) is 0.506. The first-order chi connectivity index (χ1) is 25.3. The first-order valence-corrected chi connectivity index (χ1v) is 18.8. The van der Waals surface area contributed by atoms with Gasteiger partial charge in [-0.1, -0.05) is 0 Å². The van der Waals surface area contributed by atoms with Crippen molar-refractivity contribution in [3.8, 4) is 11.5 Å². The Morgan fingerprint density at radius 2 is 1.21 bits per heavy atom. The molecule has 0 radical (unpaired) electrons. The van der Waals surface area contributed by atoms with Gasteiger partial charge in [0.25, 0.3) is 5.91 Å². The lowest BCUT2D eigenvalue weighted by Gasteiger charge is -2.13. The minimum Gasteiger partial charge on any atom is -0.451 e. The molecule has 0 saturated carbocycles. The molecule has 14 nitrogen and oxygen atoms in total. The Morgan fingerprint density at radius 1 is 0.755 bits per heavy atom. The van der Waals surface area contributed by atoms with Gasteiger partial charge in [0.15, 0.2) is 39.1 Å². The average Bonchev–Trinajstić information content (AvgIpc) is 3.11. The lowest BCUT2D eigenvalue weighted by molar-refractivity contribution is -0.134. The van der Waals surface area contributed by atoms with Crippen molar-refractivity contribution >= 4 is 27.6 Å². The summed E-state index contributed by atoms with van der Waals surface area (Å²) < 4.78 is 92.2. The van der Waals surface area contributed by atoms with Gasteiger partial charge in [-0.05, 0) is 80.8 Å². The highest BCUT2D eigenvalue weighted by Gasteiger charge is 2.20. The highest BCUT2D eigenvalue weighted by Crippen LogP contribution is 2.30. The van der Waals surface area contributed by atoms with Gasteiger partial charge in [0.2, 0.25) is 0 Å². The Balaban J connectivity index is 1.45. The molecule has 0 aliphatic carbocycles. The Bertz CT molecular complexity index is 1500. The first-order valence-electron chi connectivity index (χ1n) is 17.1. The van der Waals surface area contributed by atoms with Crippen LogP contribution in [-0.4, -0.2) is 134 Å². The number of Topliss-reactive ketones (excluding diaryl/α,β-unsaturated/α-hetero) is 1. The normalized spacial score (nSPS) is 13.2. The molecular formula is C36H51F2NO13S. The zero-order valence-corrected chi connectivity index (χ0v) is 31.2. The lowest BCUT2D eigenvalue weighted by Crippen LogP contribution is -2.42. The number of nitrogens with one attached hydrogen (secondary N) is 1. The van der Waals surface area contributed by atoms with Crippen molar-refractivity contribution in [1.29, 1.82) is 0 Å². The number of aliphatic hydroxyl groups is 2. The Hall–Kier alpha value is -3.39. The zero-order chi connectivity index (χ0) is 39.1. The number of amides is 1. The van der Waals surface area contributed by atoms with Gasteiger partial charge >= 0.3 is 0 Å². The Morgan fingerprint density at radius 3 is 1.66 bits per heavy atom. The van der Waals surface area contributed by atoms with Crippen LogP contribution in [0.4, 0.5) is 8.78 Å². The largest absolute Gasteiger partial charge is 0.451 e. The summed E-state index contributed by atoms with van der Waals surface area (Å²) in [5.74, 6) is -3.58. The van der Waals surface area contributed by atoms with Crippen LogP contribution in [0.2, 0.25) is 0 Å². The minimum atomic E-state index is -3.63. The molecule has 17 heteroatoms. The molecule has 2 aromatic rings. The molecule has 0 spiro atoms. The van der Waals surface area contributed by atoms with E-state index in [-0.39, 0.29) is 60.5 Å². The van der Waals surface area contributed by atoms with Gasteiger partial charge in [-0.3, -0.25) is 9.59 Å². The second-order valence-corrected chi connectivity index (χ2v) is 13.7. The van der Waals surface area contributed by atoms with E-state index in [0.29, 0.717) is 65.0 Å². The van der Waals surface area contributed by atoms with Crippen LogP contribution in [0.1, 0.15) is 32.8 Å². The van der Waals surface area contributed by atoms with Gasteiger partial charge in [0.1, 0.15) is 5.75 Å². The number of carbonyl (C=O) groups excluding carboxylic acids is 2. The molecule has 0 unspecified atom stereocenters. The summed E-state index contributed by atoms with van der Waals surface area (Å²) in [5, 5.41) is 21.0. The lowest BCUT2D eigenvalue weighted by atomic mass is 10.1. The predicted molar refractivity (Wildman–Crippen MR) is 189 cm³/mol. The van der Waals surface area contributed by atoms with E-state index >= 15 is 0 Å². The van der Waals surface area contributed by atoms with Crippen molar-refractivity contribution in [1.82, 2.24) is 5.32 Å². The third-order valence-corrected chi connectivity index (χ3v) is 9.01. The van der Waals surface area contributed by atoms with Crippen molar-refractivity contribution in [3.05, 3.63) is 59.2 Å². The van der Waals surface area contributed by atoms with Crippen molar-refractivity contribution in [2.24, 2.45) is 0 Å². The summed E-state index contributed by atoms with van der Waals surface area (Å²) in [4.78, 5) is 22.9. The van der Waals surface area contributed by atoms with Crippen molar-refractivity contribution in [2.45, 2.75) is 44.3 Å². The molecule has 0 saturated heterocycles. The predicted octanol–water partition coefficient (Wildman–Crippen LogP) is 2.87. The van der Waals surface area contributed by atoms with Crippen LogP contribution in [0.3, 0.4) is 0 Å². The number of allylic oxidation sites excluding steroid dienone is 1. The van der Waals surface area contributed by atoms with Crippen molar-refractivity contribution in [2.75, 3.05) is 91.6 Å². The van der Waals surface area contributed by atoms with Crippen LogP contribution in [0.5, 0.6) is 11.5 Å². The molecule has 298 valence electrons. The summed E-state index contributed by atoms with van der Waals surface area (Å²) in [6.45, 7) is 8.41. The molecular weight excluding hydrogens is 724 g/mol. The van der Waals surface area contributed by atoms with Gasteiger partial charge in [0, 0.05) is 13.2 Å². The molecule has 2 rings (SSSR count). The number of sulfone groups is 1. The van der Waals surface area contributed by atoms with Crippen LogP contribution in [0, 0.1) is 11.6 Å². The summed E-state index contributed by atoms with van der Waals surface area (Å²) in [6, 6.07) is 7.31.